The van der Waals surface area contributed by atoms with Gasteiger partial charge in [-0.3, -0.25) is 4.79 Å². The van der Waals surface area contributed by atoms with E-state index in [0.717, 1.165) is 31.5 Å². The number of rotatable bonds is 4. The summed E-state index contributed by atoms with van der Waals surface area (Å²) in [6.07, 6.45) is 1.80. The minimum atomic E-state index is 0.0372. The quantitative estimate of drug-likeness (QED) is 0.862. The summed E-state index contributed by atoms with van der Waals surface area (Å²) < 4.78 is 5.80. The second kappa shape index (κ2) is 6.59. The third-order valence-electron chi connectivity index (χ3n) is 3.60. The molecule has 1 aromatic rings. The molecule has 3 nitrogen and oxygen atoms in total. The Balaban J connectivity index is 2.32. The van der Waals surface area contributed by atoms with Crippen molar-refractivity contribution in [2.75, 3.05) is 13.1 Å². The van der Waals surface area contributed by atoms with Crippen molar-refractivity contribution < 1.29 is 9.53 Å². The number of benzene rings is 1. The Hall–Kier alpha value is -1.06. The number of carbonyl (C=O) groups is 1. The zero-order valence-corrected chi connectivity index (χ0v) is 13.1. The molecule has 4 heteroatoms. The topological polar surface area (TPSA) is 38.3 Å². The van der Waals surface area contributed by atoms with Crippen LogP contribution in [0.15, 0.2) is 12.1 Å². The highest BCUT2D eigenvalue weighted by Crippen LogP contribution is 2.31. The van der Waals surface area contributed by atoms with E-state index in [2.05, 4.69) is 5.32 Å². The van der Waals surface area contributed by atoms with Gasteiger partial charge in [0.2, 0.25) is 0 Å². The first kappa shape index (κ1) is 15.3. The van der Waals surface area contributed by atoms with E-state index in [1.807, 2.05) is 26.8 Å². The van der Waals surface area contributed by atoms with Gasteiger partial charge < -0.3 is 10.1 Å². The van der Waals surface area contributed by atoms with E-state index in [9.17, 15) is 4.79 Å². The van der Waals surface area contributed by atoms with Gasteiger partial charge in [0.15, 0.2) is 5.78 Å². The van der Waals surface area contributed by atoms with Gasteiger partial charge in [-0.25, -0.2) is 0 Å². The molecule has 0 atom stereocenters. The Morgan fingerprint density at radius 1 is 1.35 bits per heavy atom. The average molecular weight is 296 g/mol. The fraction of sp³-hybridized carbons (Fsp3) is 0.562. The molecule has 20 heavy (non-hydrogen) atoms. The third kappa shape index (κ3) is 3.53. The Labute approximate surface area is 125 Å². The molecule has 0 unspecified atom stereocenters. The van der Waals surface area contributed by atoms with Crippen LogP contribution in [0, 0.1) is 12.8 Å². The highest BCUT2D eigenvalue weighted by Gasteiger charge is 2.25. The standard InChI is InChI=1S/C16H22ClNO2/c1-10(2)20-15-8-11(3)14(17)9-13(15)16(19)12-4-6-18-7-5-12/h8-10,12,18H,4-7H2,1-3H3. The van der Waals surface area contributed by atoms with Gasteiger partial charge in [0.25, 0.3) is 0 Å². The zero-order valence-electron chi connectivity index (χ0n) is 12.3. The van der Waals surface area contributed by atoms with E-state index < -0.39 is 0 Å². The van der Waals surface area contributed by atoms with Gasteiger partial charge in [0, 0.05) is 10.9 Å². The van der Waals surface area contributed by atoms with Crippen LogP contribution in [0.3, 0.4) is 0 Å². The molecule has 0 radical (unpaired) electrons. The van der Waals surface area contributed by atoms with Crippen molar-refractivity contribution in [2.24, 2.45) is 5.92 Å². The van der Waals surface area contributed by atoms with Crippen molar-refractivity contribution >= 4 is 17.4 Å². The zero-order chi connectivity index (χ0) is 14.7. The second-order valence-electron chi connectivity index (χ2n) is 5.65. The fourth-order valence-corrected chi connectivity index (χ4v) is 2.67. The largest absolute Gasteiger partial charge is 0.490 e. The normalized spacial score (nSPS) is 16.4. The summed E-state index contributed by atoms with van der Waals surface area (Å²) in [5, 5.41) is 3.90. The summed E-state index contributed by atoms with van der Waals surface area (Å²) in [5.41, 5.74) is 1.56. The maximum absolute atomic E-state index is 12.7. The maximum atomic E-state index is 12.7. The molecule has 0 bridgehead atoms. The van der Waals surface area contributed by atoms with Crippen LogP contribution in [0.2, 0.25) is 5.02 Å². The summed E-state index contributed by atoms with van der Waals surface area (Å²) in [6, 6.07) is 3.63. The van der Waals surface area contributed by atoms with Crippen LogP contribution in [-0.4, -0.2) is 25.0 Å². The van der Waals surface area contributed by atoms with Gasteiger partial charge in [0.05, 0.1) is 11.7 Å². The van der Waals surface area contributed by atoms with Crippen LogP contribution in [0.1, 0.15) is 42.6 Å². The van der Waals surface area contributed by atoms with E-state index in [-0.39, 0.29) is 17.8 Å². The molecule has 0 spiro atoms. The number of ether oxygens (including phenoxy) is 1. The number of piperidine rings is 1. The molecule has 1 saturated heterocycles. The lowest BCUT2D eigenvalue weighted by Crippen LogP contribution is -2.32. The van der Waals surface area contributed by atoms with Crippen LogP contribution in [0.5, 0.6) is 5.75 Å². The SMILES string of the molecule is Cc1cc(OC(C)C)c(C(=O)C2CCNCC2)cc1Cl. The van der Waals surface area contributed by atoms with Gasteiger partial charge in [-0.2, -0.15) is 0 Å². The summed E-state index contributed by atoms with van der Waals surface area (Å²) in [7, 11) is 0. The molecular weight excluding hydrogens is 274 g/mol. The van der Waals surface area contributed by atoms with E-state index in [1.165, 1.54) is 0 Å². The first-order valence-corrected chi connectivity index (χ1v) is 7.58. The van der Waals surface area contributed by atoms with E-state index in [1.54, 1.807) is 6.07 Å². The van der Waals surface area contributed by atoms with Crippen LogP contribution in [-0.2, 0) is 0 Å². The first-order valence-electron chi connectivity index (χ1n) is 7.20. The van der Waals surface area contributed by atoms with Crippen molar-refractivity contribution in [3.63, 3.8) is 0 Å². The van der Waals surface area contributed by atoms with E-state index in [0.29, 0.717) is 16.3 Å². The Morgan fingerprint density at radius 3 is 2.60 bits per heavy atom. The predicted octanol–water partition coefficient (Wildman–Crippen LogP) is 3.62. The fourth-order valence-electron chi connectivity index (χ4n) is 2.50. The minimum Gasteiger partial charge on any atom is -0.490 e. The molecule has 0 saturated carbocycles. The molecule has 1 heterocycles. The molecular formula is C16H22ClNO2. The summed E-state index contributed by atoms with van der Waals surface area (Å²) in [5.74, 6) is 0.888. The Bertz CT molecular complexity index is 493. The predicted molar refractivity (Wildman–Crippen MR) is 81.9 cm³/mol. The number of halogens is 1. The van der Waals surface area contributed by atoms with Gasteiger partial charge in [-0.15, -0.1) is 0 Å². The molecule has 1 aromatic carbocycles. The monoisotopic (exact) mass is 295 g/mol. The van der Waals surface area contributed by atoms with Crippen LogP contribution < -0.4 is 10.1 Å². The lowest BCUT2D eigenvalue weighted by molar-refractivity contribution is 0.0889. The van der Waals surface area contributed by atoms with Crippen LogP contribution in [0.4, 0.5) is 0 Å². The number of Topliss-reactive ketones (excluding diaryl/α,β-unsaturated/α-hetero) is 1. The van der Waals surface area contributed by atoms with Crippen molar-refractivity contribution in [3.8, 4) is 5.75 Å². The lowest BCUT2D eigenvalue weighted by atomic mass is 9.89. The van der Waals surface area contributed by atoms with Gasteiger partial charge >= 0.3 is 0 Å². The molecule has 1 fully saturated rings. The summed E-state index contributed by atoms with van der Waals surface area (Å²) in [6.45, 7) is 7.65. The number of hydrogen-bond acceptors (Lipinski definition) is 3. The summed E-state index contributed by atoms with van der Waals surface area (Å²) >= 11 is 6.19. The van der Waals surface area contributed by atoms with E-state index >= 15 is 0 Å². The van der Waals surface area contributed by atoms with Crippen molar-refractivity contribution in [2.45, 2.75) is 39.7 Å². The molecule has 110 valence electrons. The van der Waals surface area contributed by atoms with E-state index in [4.69, 9.17) is 16.3 Å². The van der Waals surface area contributed by atoms with Gasteiger partial charge in [-0.1, -0.05) is 11.6 Å². The first-order chi connectivity index (χ1) is 9.49. The number of carbonyl (C=O) groups excluding carboxylic acids is 1. The highest BCUT2D eigenvalue weighted by atomic mass is 35.5. The van der Waals surface area contributed by atoms with Gasteiger partial charge in [-0.05, 0) is 64.4 Å². The molecule has 1 aliphatic heterocycles. The molecule has 1 aliphatic rings. The number of hydrogen-bond donors (Lipinski definition) is 1. The molecule has 1 N–H and O–H groups in total. The van der Waals surface area contributed by atoms with Crippen LogP contribution in [0.25, 0.3) is 0 Å². The summed E-state index contributed by atoms with van der Waals surface area (Å²) in [4.78, 5) is 12.7. The van der Waals surface area contributed by atoms with Gasteiger partial charge in [0.1, 0.15) is 5.75 Å². The second-order valence-corrected chi connectivity index (χ2v) is 6.06. The van der Waals surface area contributed by atoms with Crippen LogP contribution >= 0.6 is 11.6 Å². The van der Waals surface area contributed by atoms with Crippen molar-refractivity contribution in [3.05, 3.63) is 28.3 Å². The minimum absolute atomic E-state index is 0.0372. The third-order valence-corrected chi connectivity index (χ3v) is 4.01. The smallest absolute Gasteiger partial charge is 0.169 e. The highest BCUT2D eigenvalue weighted by molar-refractivity contribution is 6.31. The Kier molecular flexibility index (Phi) is 5.06. The maximum Gasteiger partial charge on any atom is 0.169 e. The lowest BCUT2D eigenvalue weighted by Gasteiger charge is -2.23. The number of nitrogens with one attached hydrogen (secondary N) is 1. The molecule has 0 aliphatic carbocycles. The number of aryl methyl sites for hydroxylation is 1. The molecule has 0 amide bonds. The van der Waals surface area contributed by atoms with Crippen molar-refractivity contribution in [1.82, 2.24) is 5.32 Å². The Morgan fingerprint density at radius 2 is 2.00 bits per heavy atom. The molecule has 2 rings (SSSR count). The molecule has 0 aromatic heterocycles. The average Bonchev–Trinajstić information content (AvgIpc) is 2.42. The van der Waals surface area contributed by atoms with Crippen molar-refractivity contribution in [1.29, 1.82) is 0 Å². The number of ketones is 1.